The van der Waals surface area contributed by atoms with E-state index in [4.69, 9.17) is 24.2 Å². The van der Waals surface area contributed by atoms with Crippen molar-refractivity contribution in [1.29, 1.82) is 0 Å². The first kappa shape index (κ1) is 38.0. The van der Waals surface area contributed by atoms with Gasteiger partial charge in [0.15, 0.2) is 17.8 Å². The first-order valence-electron chi connectivity index (χ1n) is 18.1. The molecule has 6 aromatic rings. The lowest BCUT2D eigenvalue weighted by molar-refractivity contribution is -0.208. The van der Waals surface area contributed by atoms with Crippen molar-refractivity contribution in [3.63, 3.8) is 0 Å². The highest BCUT2D eigenvalue weighted by molar-refractivity contribution is 6.13. The number of hydrogen-bond acceptors (Lipinski definition) is 6. The lowest BCUT2D eigenvalue weighted by Gasteiger charge is -2.41. The maximum atomic E-state index is 16.1. The van der Waals surface area contributed by atoms with Crippen LogP contribution in [0.15, 0.2) is 162 Å². The van der Waals surface area contributed by atoms with Gasteiger partial charge in [-0.1, -0.05) is 115 Å². The van der Waals surface area contributed by atoms with Crippen molar-refractivity contribution < 1.29 is 31.8 Å². The molecule has 0 aliphatic carbocycles. The summed E-state index contributed by atoms with van der Waals surface area (Å²) in [5.41, 5.74) is 1.19. The van der Waals surface area contributed by atoms with Gasteiger partial charge in [0.2, 0.25) is 0 Å². The molecule has 0 fully saturated rings. The number of benzene rings is 5. The molecule has 10 heteroatoms. The van der Waals surface area contributed by atoms with Gasteiger partial charge in [0.1, 0.15) is 28.5 Å². The Morgan fingerprint density at radius 3 is 1.66 bits per heavy atom. The van der Waals surface area contributed by atoms with Crippen LogP contribution in [0, 0.1) is 5.82 Å². The fourth-order valence-corrected chi connectivity index (χ4v) is 7.31. The standard InChI is InChI=1S/C46H39F4N3O3/c1-44(43-38(47)27-28-40(52-43)51-42(31-13-7-4-8-14-31)32-15-9-5-10-16-32)29-39(46(48,49)50)56-41(53-44)30-45(33-17-11-6-12-18-33,34-19-23-36(54-2)24-20-34)35-21-25-37(55-3)26-22-35/h4-28,39H,29-30H2,1-3H3/t39-,44-/m0/s1. The van der Waals surface area contributed by atoms with Crippen molar-refractivity contribution in [3.05, 3.63) is 191 Å². The topological polar surface area (TPSA) is 65.3 Å². The van der Waals surface area contributed by atoms with E-state index in [9.17, 15) is 13.2 Å². The summed E-state index contributed by atoms with van der Waals surface area (Å²) in [5.74, 6) is 0.313. The Labute approximate surface area is 323 Å². The van der Waals surface area contributed by atoms with Crippen molar-refractivity contribution >= 4 is 17.4 Å². The Kier molecular flexibility index (Phi) is 10.7. The molecule has 56 heavy (non-hydrogen) atoms. The highest BCUT2D eigenvalue weighted by Crippen LogP contribution is 2.47. The van der Waals surface area contributed by atoms with E-state index in [0.717, 1.165) is 27.8 Å². The number of aromatic nitrogens is 1. The fraction of sp³-hybridized carbons (Fsp3) is 0.196. The second-order valence-corrected chi connectivity index (χ2v) is 13.7. The number of pyridine rings is 1. The number of rotatable bonds is 11. The van der Waals surface area contributed by atoms with Crippen LogP contribution < -0.4 is 9.47 Å². The number of alkyl halides is 3. The molecule has 0 bridgehead atoms. The predicted octanol–water partition coefficient (Wildman–Crippen LogP) is 10.8. The number of ether oxygens (including phenoxy) is 3. The zero-order valence-corrected chi connectivity index (χ0v) is 31.0. The molecule has 1 aromatic heterocycles. The van der Waals surface area contributed by atoms with Crippen molar-refractivity contribution in [2.24, 2.45) is 9.98 Å². The number of methoxy groups -OCH3 is 2. The smallest absolute Gasteiger partial charge is 0.425 e. The van der Waals surface area contributed by atoms with Crippen LogP contribution >= 0.6 is 0 Å². The zero-order chi connectivity index (χ0) is 39.3. The summed E-state index contributed by atoms with van der Waals surface area (Å²) in [6, 6.07) is 45.6. The van der Waals surface area contributed by atoms with E-state index >= 15 is 4.39 Å². The van der Waals surface area contributed by atoms with Gasteiger partial charge in [-0.2, -0.15) is 13.2 Å². The second kappa shape index (κ2) is 15.8. The summed E-state index contributed by atoms with van der Waals surface area (Å²) in [6.07, 6.45) is -7.97. The van der Waals surface area contributed by atoms with Crippen LogP contribution in [0.5, 0.6) is 11.5 Å². The second-order valence-electron chi connectivity index (χ2n) is 13.7. The molecule has 2 atom stereocenters. The van der Waals surface area contributed by atoms with Gasteiger partial charge in [-0.25, -0.2) is 19.4 Å². The van der Waals surface area contributed by atoms with Crippen LogP contribution in [0.4, 0.5) is 23.4 Å². The quantitative estimate of drug-likeness (QED) is 0.0750. The Balaban J connectivity index is 1.41. The Morgan fingerprint density at radius 1 is 0.696 bits per heavy atom. The molecule has 7 rings (SSSR count). The molecule has 284 valence electrons. The summed E-state index contributed by atoms with van der Waals surface area (Å²) in [6.45, 7) is 1.47. The third kappa shape index (κ3) is 7.77. The van der Waals surface area contributed by atoms with Gasteiger partial charge in [0.25, 0.3) is 0 Å². The minimum atomic E-state index is -4.81. The molecule has 0 saturated heterocycles. The Bertz CT molecular complexity index is 2230. The van der Waals surface area contributed by atoms with Gasteiger partial charge in [0, 0.05) is 24.0 Å². The summed E-state index contributed by atoms with van der Waals surface area (Å²) < 4.78 is 77.6. The maximum Gasteiger partial charge on any atom is 0.425 e. The molecular weight excluding hydrogens is 719 g/mol. The van der Waals surface area contributed by atoms with Gasteiger partial charge in [-0.05, 0) is 60.0 Å². The summed E-state index contributed by atoms with van der Waals surface area (Å²) in [5, 5.41) is 0. The molecule has 0 N–H and O–H groups in total. The molecule has 0 spiro atoms. The van der Waals surface area contributed by atoms with Gasteiger partial charge in [-0.15, -0.1) is 0 Å². The lowest BCUT2D eigenvalue weighted by Crippen LogP contribution is -2.46. The van der Waals surface area contributed by atoms with Crippen LogP contribution in [-0.2, 0) is 15.7 Å². The third-order valence-corrected chi connectivity index (χ3v) is 10.1. The van der Waals surface area contributed by atoms with E-state index in [2.05, 4.69) is 4.98 Å². The number of aliphatic imine (C=N–C) groups is 2. The molecule has 0 unspecified atom stereocenters. The van der Waals surface area contributed by atoms with Crippen LogP contribution in [0.1, 0.15) is 53.3 Å². The molecule has 1 aliphatic heterocycles. The van der Waals surface area contributed by atoms with E-state index in [1.807, 2.05) is 115 Å². The summed E-state index contributed by atoms with van der Waals surface area (Å²) >= 11 is 0. The highest BCUT2D eigenvalue weighted by Gasteiger charge is 2.52. The average molecular weight is 758 g/mol. The largest absolute Gasteiger partial charge is 0.497 e. The summed E-state index contributed by atoms with van der Waals surface area (Å²) in [4.78, 5) is 14.3. The average Bonchev–Trinajstić information content (AvgIpc) is 3.23. The van der Waals surface area contributed by atoms with Crippen LogP contribution in [0.25, 0.3) is 0 Å². The molecular formula is C46H39F4N3O3. The van der Waals surface area contributed by atoms with Crippen molar-refractivity contribution in [2.75, 3.05) is 14.2 Å². The van der Waals surface area contributed by atoms with E-state index in [0.29, 0.717) is 17.2 Å². The van der Waals surface area contributed by atoms with Crippen molar-refractivity contribution in [1.82, 2.24) is 4.98 Å². The molecule has 0 saturated carbocycles. The normalized spacial score (nSPS) is 17.0. The third-order valence-electron chi connectivity index (χ3n) is 10.1. The van der Waals surface area contributed by atoms with Gasteiger partial charge in [0.05, 0.1) is 25.3 Å². The minimum absolute atomic E-state index is 0.118. The van der Waals surface area contributed by atoms with E-state index < -0.39 is 35.5 Å². The lowest BCUT2D eigenvalue weighted by atomic mass is 9.67. The van der Waals surface area contributed by atoms with Crippen LogP contribution in [0.2, 0.25) is 0 Å². The zero-order valence-electron chi connectivity index (χ0n) is 31.0. The Hall–Kier alpha value is -6.29. The van der Waals surface area contributed by atoms with E-state index in [1.165, 1.54) is 19.1 Å². The molecule has 6 nitrogen and oxygen atoms in total. The Morgan fingerprint density at radius 2 is 1.18 bits per heavy atom. The first-order chi connectivity index (χ1) is 27.0. The van der Waals surface area contributed by atoms with E-state index in [-0.39, 0.29) is 23.8 Å². The number of nitrogens with zero attached hydrogens (tertiary/aromatic N) is 3. The van der Waals surface area contributed by atoms with Gasteiger partial charge >= 0.3 is 6.18 Å². The number of hydrogen-bond donors (Lipinski definition) is 0. The first-order valence-corrected chi connectivity index (χ1v) is 18.1. The van der Waals surface area contributed by atoms with Gasteiger partial charge < -0.3 is 14.2 Å². The molecule has 5 aromatic carbocycles. The molecule has 1 aliphatic rings. The predicted molar refractivity (Wildman–Crippen MR) is 210 cm³/mol. The van der Waals surface area contributed by atoms with Crippen LogP contribution in [-0.4, -0.2) is 43.1 Å². The molecule has 0 amide bonds. The van der Waals surface area contributed by atoms with Gasteiger partial charge in [-0.3, -0.25) is 0 Å². The van der Waals surface area contributed by atoms with Crippen molar-refractivity contribution in [2.45, 2.75) is 43.0 Å². The minimum Gasteiger partial charge on any atom is -0.497 e. The maximum absolute atomic E-state index is 16.1. The SMILES string of the molecule is COc1ccc(C(CC2=N[C@](C)(c3nc(N=C(c4ccccc4)c4ccccc4)ccc3F)C[C@@H](C(F)(F)F)O2)(c2ccccc2)c2ccc(OC)cc2)cc1. The number of halogens is 4. The van der Waals surface area contributed by atoms with E-state index in [1.54, 1.807) is 38.5 Å². The van der Waals surface area contributed by atoms with Crippen LogP contribution in [0.3, 0.4) is 0 Å². The highest BCUT2D eigenvalue weighted by atomic mass is 19.4. The fourth-order valence-electron chi connectivity index (χ4n) is 7.31. The molecule has 2 heterocycles. The summed E-state index contributed by atoms with van der Waals surface area (Å²) in [7, 11) is 3.12. The molecule has 0 radical (unpaired) electrons. The monoisotopic (exact) mass is 757 g/mol. The van der Waals surface area contributed by atoms with Crippen molar-refractivity contribution in [3.8, 4) is 11.5 Å².